The number of benzene rings is 1. The lowest BCUT2D eigenvalue weighted by molar-refractivity contribution is 0.296. The number of ether oxygens (including phenoxy) is 1. The molecule has 0 aliphatic heterocycles. The zero-order chi connectivity index (χ0) is 11.4. The summed E-state index contributed by atoms with van der Waals surface area (Å²) >= 11 is 0. The minimum absolute atomic E-state index is 0.185. The van der Waals surface area contributed by atoms with E-state index in [1.54, 1.807) is 7.11 Å². The molecule has 0 unspecified atom stereocenters. The topological polar surface area (TPSA) is 29.5 Å². The second-order valence-corrected chi connectivity index (χ2v) is 4.53. The Morgan fingerprint density at radius 2 is 2.06 bits per heavy atom. The van der Waals surface area contributed by atoms with Crippen molar-refractivity contribution in [3.63, 3.8) is 0 Å². The summed E-state index contributed by atoms with van der Waals surface area (Å²) in [5.41, 5.74) is 2.55. The van der Waals surface area contributed by atoms with E-state index in [0.717, 1.165) is 17.2 Å². The van der Waals surface area contributed by atoms with Crippen LogP contribution in [0.4, 0.5) is 0 Å². The van der Waals surface area contributed by atoms with Crippen molar-refractivity contribution in [3.05, 3.63) is 29.3 Å². The van der Waals surface area contributed by atoms with E-state index in [2.05, 4.69) is 12.1 Å². The Bertz CT molecular complexity index is 341. The summed E-state index contributed by atoms with van der Waals surface area (Å²) in [6.45, 7) is 0.185. The van der Waals surface area contributed by atoms with E-state index in [1.807, 2.05) is 6.07 Å². The summed E-state index contributed by atoms with van der Waals surface area (Å²) in [5.74, 6) is 1.62. The molecule has 1 N–H and O–H groups in total. The highest BCUT2D eigenvalue weighted by atomic mass is 16.5. The summed E-state index contributed by atoms with van der Waals surface area (Å²) in [7, 11) is 1.69. The van der Waals surface area contributed by atoms with Crippen molar-refractivity contribution in [2.75, 3.05) is 13.7 Å². The minimum atomic E-state index is 0.185. The first-order valence-corrected chi connectivity index (χ1v) is 6.13. The smallest absolute Gasteiger partial charge is 0.122 e. The van der Waals surface area contributed by atoms with Gasteiger partial charge in [0.15, 0.2) is 0 Å². The van der Waals surface area contributed by atoms with Crippen LogP contribution in [0.15, 0.2) is 18.2 Å². The van der Waals surface area contributed by atoms with Crippen molar-refractivity contribution in [1.82, 2.24) is 0 Å². The van der Waals surface area contributed by atoms with Gasteiger partial charge in [0.25, 0.3) is 0 Å². The molecule has 0 bridgehead atoms. The summed E-state index contributed by atoms with van der Waals surface area (Å²) in [6.07, 6.45) is 6.01. The molecule has 0 radical (unpaired) electrons. The van der Waals surface area contributed by atoms with Crippen LogP contribution in [0.25, 0.3) is 0 Å². The van der Waals surface area contributed by atoms with E-state index < -0.39 is 0 Å². The highest BCUT2D eigenvalue weighted by Gasteiger charge is 2.18. The lowest BCUT2D eigenvalue weighted by Crippen LogP contribution is -1.99. The van der Waals surface area contributed by atoms with Gasteiger partial charge in [0.2, 0.25) is 0 Å². The quantitative estimate of drug-likeness (QED) is 0.845. The molecule has 0 aromatic heterocycles. The average molecular weight is 220 g/mol. The van der Waals surface area contributed by atoms with Crippen LogP contribution in [-0.2, 0) is 6.42 Å². The van der Waals surface area contributed by atoms with Crippen molar-refractivity contribution < 1.29 is 9.84 Å². The van der Waals surface area contributed by atoms with Crippen LogP contribution in [0.1, 0.15) is 42.7 Å². The third-order valence-electron chi connectivity index (χ3n) is 3.51. The predicted molar refractivity (Wildman–Crippen MR) is 65.0 cm³/mol. The molecule has 0 saturated heterocycles. The number of hydrogen-bond acceptors (Lipinski definition) is 2. The lowest BCUT2D eigenvalue weighted by atomic mass is 9.95. The maximum Gasteiger partial charge on any atom is 0.122 e. The first-order valence-electron chi connectivity index (χ1n) is 6.13. The SMILES string of the molecule is COc1ccc(C2CCCC2)cc1CCO. The second-order valence-electron chi connectivity index (χ2n) is 4.53. The Morgan fingerprint density at radius 1 is 1.31 bits per heavy atom. The van der Waals surface area contributed by atoms with Crippen molar-refractivity contribution in [1.29, 1.82) is 0 Å². The van der Waals surface area contributed by atoms with Gasteiger partial charge in [-0.1, -0.05) is 25.0 Å². The molecule has 1 fully saturated rings. The molecule has 0 amide bonds. The Labute approximate surface area is 97.3 Å². The fourth-order valence-corrected chi connectivity index (χ4v) is 2.63. The van der Waals surface area contributed by atoms with Crippen LogP contribution in [0.5, 0.6) is 5.75 Å². The van der Waals surface area contributed by atoms with Crippen LogP contribution in [-0.4, -0.2) is 18.8 Å². The largest absolute Gasteiger partial charge is 0.496 e. The van der Waals surface area contributed by atoms with E-state index >= 15 is 0 Å². The molecule has 2 rings (SSSR count). The van der Waals surface area contributed by atoms with Crippen LogP contribution in [0.2, 0.25) is 0 Å². The van der Waals surface area contributed by atoms with Crippen LogP contribution >= 0.6 is 0 Å². The van der Waals surface area contributed by atoms with Crippen LogP contribution < -0.4 is 4.74 Å². The maximum absolute atomic E-state index is 9.04. The normalized spacial score (nSPS) is 16.6. The third-order valence-corrected chi connectivity index (χ3v) is 3.51. The number of rotatable bonds is 4. The first-order chi connectivity index (χ1) is 7.85. The average Bonchev–Trinajstić information content (AvgIpc) is 2.83. The second kappa shape index (κ2) is 5.35. The molecule has 1 aromatic carbocycles. The zero-order valence-electron chi connectivity index (χ0n) is 9.91. The van der Waals surface area contributed by atoms with Gasteiger partial charge < -0.3 is 9.84 Å². The molecular weight excluding hydrogens is 200 g/mol. The number of methoxy groups -OCH3 is 1. The summed E-state index contributed by atoms with van der Waals surface area (Å²) < 4.78 is 5.30. The highest BCUT2D eigenvalue weighted by Crippen LogP contribution is 2.35. The molecule has 2 heteroatoms. The fourth-order valence-electron chi connectivity index (χ4n) is 2.63. The Balaban J connectivity index is 2.23. The lowest BCUT2D eigenvalue weighted by Gasteiger charge is -2.14. The van der Waals surface area contributed by atoms with E-state index in [9.17, 15) is 0 Å². The van der Waals surface area contributed by atoms with Crippen LogP contribution in [0.3, 0.4) is 0 Å². The molecule has 0 heterocycles. The van der Waals surface area contributed by atoms with Gasteiger partial charge in [-0.25, -0.2) is 0 Å². The summed E-state index contributed by atoms with van der Waals surface area (Å²) in [6, 6.07) is 6.43. The van der Waals surface area contributed by atoms with E-state index in [0.29, 0.717) is 6.42 Å². The van der Waals surface area contributed by atoms with Crippen molar-refractivity contribution in [2.24, 2.45) is 0 Å². The van der Waals surface area contributed by atoms with Gasteiger partial charge in [0.1, 0.15) is 5.75 Å². The van der Waals surface area contributed by atoms with E-state index in [4.69, 9.17) is 9.84 Å². The van der Waals surface area contributed by atoms with Gasteiger partial charge in [-0.3, -0.25) is 0 Å². The molecule has 0 spiro atoms. The minimum Gasteiger partial charge on any atom is -0.496 e. The predicted octanol–water partition coefficient (Wildman–Crippen LogP) is 2.89. The van der Waals surface area contributed by atoms with Gasteiger partial charge in [-0.05, 0) is 42.4 Å². The number of aliphatic hydroxyl groups excluding tert-OH is 1. The van der Waals surface area contributed by atoms with E-state index in [1.165, 1.54) is 31.2 Å². The van der Waals surface area contributed by atoms with Gasteiger partial charge in [-0.15, -0.1) is 0 Å². The Kier molecular flexibility index (Phi) is 3.83. The molecule has 2 nitrogen and oxygen atoms in total. The molecular formula is C14H20O2. The van der Waals surface area contributed by atoms with Gasteiger partial charge in [0.05, 0.1) is 7.11 Å². The fraction of sp³-hybridized carbons (Fsp3) is 0.571. The molecule has 88 valence electrons. The molecule has 1 saturated carbocycles. The molecule has 1 aliphatic rings. The van der Waals surface area contributed by atoms with Crippen molar-refractivity contribution in [2.45, 2.75) is 38.0 Å². The molecule has 16 heavy (non-hydrogen) atoms. The van der Waals surface area contributed by atoms with Crippen molar-refractivity contribution in [3.8, 4) is 5.75 Å². The highest BCUT2D eigenvalue weighted by molar-refractivity contribution is 5.39. The molecule has 1 aromatic rings. The zero-order valence-corrected chi connectivity index (χ0v) is 9.91. The van der Waals surface area contributed by atoms with Crippen molar-refractivity contribution >= 4 is 0 Å². The number of hydrogen-bond donors (Lipinski definition) is 1. The Morgan fingerprint density at radius 3 is 2.69 bits per heavy atom. The Hall–Kier alpha value is -1.02. The molecule has 0 atom stereocenters. The van der Waals surface area contributed by atoms with Gasteiger partial charge in [0, 0.05) is 6.61 Å². The standard InChI is InChI=1S/C14H20O2/c1-16-14-7-6-12(10-13(14)8-9-15)11-4-2-3-5-11/h6-7,10-11,15H,2-5,8-9H2,1H3. The molecule has 1 aliphatic carbocycles. The van der Waals surface area contributed by atoms with Gasteiger partial charge >= 0.3 is 0 Å². The first kappa shape index (κ1) is 11.5. The maximum atomic E-state index is 9.04. The van der Waals surface area contributed by atoms with Crippen LogP contribution in [0, 0.1) is 0 Å². The summed E-state index contributed by atoms with van der Waals surface area (Å²) in [4.78, 5) is 0. The van der Waals surface area contributed by atoms with Gasteiger partial charge in [-0.2, -0.15) is 0 Å². The monoisotopic (exact) mass is 220 g/mol. The number of aliphatic hydroxyl groups is 1. The van der Waals surface area contributed by atoms with E-state index in [-0.39, 0.29) is 6.61 Å². The third kappa shape index (κ3) is 2.38. The summed E-state index contributed by atoms with van der Waals surface area (Å²) in [5, 5.41) is 9.04.